The van der Waals surface area contributed by atoms with Gasteiger partial charge in [0.25, 0.3) is 0 Å². The minimum Gasteiger partial charge on any atom is -0.369 e. The van der Waals surface area contributed by atoms with Crippen molar-refractivity contribution in [3.8, 4) is 0 Å². The Morgan fingerprint density at radius 2 is 2.21 bits per heavy atom. The number of carbonyl (C=O) groups is 1. The van der Waals surface area contributed by atoms with Crippen LogP contribution in [0.2, 0.25) is 0 Å². The molecule has 2 nitrogen and oxygen atoms in total. The maximum absolute atomic E-state index is 11.0. The number of primary amides is 1. The van der Waals surface area contributed by atoms with Gasteiger partial charge in [-0.1, -0.05) is 19.1 Å². The molecule has 2 N–H and O–H groups in total. The molecule has 0 radical (unpaired) electrons. The molecule has 1 aromatic carbocycles. The summed E-state index contributed by atoms with van der Waals surface area (Å²) in [6, 6.07) is 7.82. The summed E-state index contributed by atoms with van der Waals surface area (Å²) in [5.41, 5.74) is 5.27. The van der Waals surface area contributed by atoms with Gasteiger partial charge in [-0.3, -0.25) is 4.79 Å². The molecule has 1 rings (SSSR count). The maximum Gasteiger partial charge on any atom is 0.230 e. The van der Waals surface area contributed by atoms with Crippen LogP contribution in [0.5, 0.6) is 0 Å². The molecule has 0 aliphatic heterocycles. The lowest BCUT2D eigenvalue weighted by molar-refractivity contribution is -0.117. The van der Waals surface area contributed by atoms with Crippen LogP contribution in [0.3, 0.4) is 0 Å². The molecule has 0 bridgehead atoms. The van der Waals surface area contributed by atoms with E-state index in [0.29, 0.717) is 0 Å². The molecule has 14 heavy (non-hydrogen) atoms. The van der Waals surface area contributed by atoms with Gasteiger partial charge in [-0.15, -0.1) is 11.8 Å². The third kappa shape index (κ3) is 3.03. The summed E-state index contributed by atoms with van der Waals surface area (Å²) < 4.78 is 1.00. The number of benzene rings is 1. The van der Waals surface area contributed by atoms with E-state index in [4.69, 9.17) is 5.73 Å². The van der Waals surface area contributed by atoms with Crippen molar-refractivity contribution < 1.29 is 4.79 Å². The van der Waals surface area contributed by atoms with E-state index in [9.17, 15) is 4.79 Å². The summed E-state index contributed by atoms with van der Waals surface area (Å²) >= 11 is 4.93. The van der Waals surface area contributed by atoms with E-state index in [1.165, 1.54) is 11.8 Å². The van der Waals surface area contributed by atoms with Gasteiger partial charge in [0, 0.05) is 9.37 Å². The number of hydrogen-bond donors (Lipinski definition) is 1. The molecule has 1 aromatic rings. The summed E-state index contributed by atoms with van der Waals surface area (Å²) in [4.78, 5) is 12.1. The Kier molecular flexibility index (Phi) is 4.48. The predicted molar refractivity (Wildman–Crippen MR) is 63.3 cm³/mol. The lowest BCUT2D eigenvalue weighted by Crippen LogP contribution is -2.24. The van der Waals surface area contributed by atoms with Crippen molar-refractivity contribution in [3.05, 3.63) is 28.7 Å². The van der Waals surface area contributed by atoms with E-state index < -0.39 is 0 Å². The lowest BCUT2D eigenvalue weighted by Gasteiger charge is -2.11. The van der Waals surface area contributed by atoms with Gasteiger partial charge in [0.05, 0.1) is 5.25 Å². The van der Waals surface area contributed by atoms with Gasteiger partial charge >= 0.3 is 0 Å². The van der Waals surface area contributed by atoms with Gasteiger partial charge in [0.15, 0.2) is 0 Å². The van der Waals surface area contributed by atoms with Crippen LogP contribution in [0.1, 0.15) is 13.3 Å². The number of halogens is 1. The highest BCUT2D eigenvalue weighted by Gasteiger charge is 2.15. The molecule has 0 aromatic heterocycles. The first-order valence-electron chi connectivity index (χ1n) is 4.35. The Bertz CT molecular complexity index is 330. The number of thioether (sulfide) groups is 1. The van der Waals surface area contributed by atoms with Crippen LogP contribution >= 0.6 is 27.7 Å². The molecule has 76 valence electrons. The van der Waals surface area contributed by atoms with Gasteiger partial charge in [-0.2, -0.15) is 0 Å². The van der Waals surface area contributed by atoms with Gasteiger partial charge in [-0.05, 0) is 34.5 Å². The Hall–Kier alpha value is -0.480. The SMILES string of the molecule is CCC(Sc1ccccc1Br)C(N)=O. The largest absolute Gasteiger partial charge is 0.369 e. The van der Waals surface area contributed by atoms with E-state index in [2.05, 4.69) is 15.9 Å². The molecule has 1 amide bonds. The molecule has 0 aliphatic rings. The molecule has 0 saturated heterocycles. The van der Waals surface area contributed by atoms with Crippen molar-refractivity contribution in [1.82, 2.24) is 0 Å². The monoisotopic (exact) mass is 273 g/mol. The Morgan fingerprint density at radius 1 is 1.57 bits per heavy atom. The fourth-order valence-electron chi connectivity index (χ4n) is 1.04. The lowest BCUT2D eigenvalue weighted by atomic mass is 10.3. The second kappa shape index (κ2) is 5.41. The highest BCUT2D eigenvalue weighted by Crippen LogP contribution is 2.31. The molecule has 0 saturated carbocycles. The van der Waals surface area contributed by atoms with Crippen molar-refractivity contribution in [3.63, 3.8) is 0 Å². The Morgan fingerprint density at radius 3 is 2.71 bits per heavy atom. The topological polar surface area (TPSA) is 43.1 Å². The minimum absolute atomic E-state index is 0.145. The zero-order valence-electron chi connectivity index (χ0n) is 7.87. The zero-order valence-corrected chi connectivity index (χ0v) is 10.3. The van der Waals surface area contributed by atoms with E-state index in [0.717, 1.165) is 15.8 Å². The quantitative estimate of drug-likeness (QED) is 0.858. The average Bonchev–Trinajstić information content (AvgIpc) is 2.16. The molecule has 0 aliphatic carbocycles. The highest BCUT2D eigenvalue weighted by molar-refractivity contribution is 9.10. The highest BCUT2D eigenvalue weighted by atomic mass is 79.9. The van der Waals surface area contributed by atoms with Gasteiger partial charge in [-0.25, -0.2) is 0 Å². The molecule has 4 heteroatoms. The normalized spacial score (nSPS) is 12.4. The van der Waals surface area contributed by atoms with Crippen molar-refractivity contribution in [2.45, 2.75) is 23.5 Å². The van der Waals surface area contributed by atoms with Gasteiger partial charge in [0.2, 0.25) is 5.91 Å². The summed E-state index contributed by atoms with van der Waals surface area (Å²) in [5.74, 6) is -0.256. The van der Waals surface area contributed by atoms with Gasteiger partial charge < -0.3 is 5.73 Å². The maximum atomic E-state index is 11.0. The van der Waals surface area contributed by atoms with Crippen LogP contribution in [0, 0.1) is 0 Å². The van der Waals surface area contributed by atoms with Crippen LogP contribution in [0.25, 0.3) is 0 Å². The number of hydrogen-bond acceptors (Lipinski definition) is 2. The second-order valence-corrected chi connectivity index (χ2v) is 4.95. The zero-order chi connectivity index (χ0) is 10.6. The molecule has 0 heterocycles. The first-order valence-corrected chi connectivity index (χ1v) is 6.03. The fraction of sp³-hybridized carbons (Fsp3) is 0.300. The van der Waals surface area contributed by atoms with Crippen molar-refractivity contribution in [1.29, 1.82) is 0 Å². The molecule has 1 unspecified atom stereocenters. The van der Waals surface area contributed by atoms with Gasteiger partial charge in [0.1, 0.15) is 0 Å². The Labute approximate surface area is 96.4 Å². The smallest absolute Gasteiger partial charge is 0.230 e. The summed E-state index contributed by atoms with van der Waals surface area (Å²) in [5, 5.41) is -0.145. The van der Waals surface area contributed by atoms with E-state index in [1.54, 1.807) is 0 Å². The number of rotatable bonds is 4. The fourth-order valence-corrected chi connectivity index (χ4v) is 2.53. The van der Waals surface area contributed by atoms with Crippen molar-refractivity contribution >= 4 is 33.6 Å². The second-order valence-electron chi connectivity index (χ2n) is 2.85. The average molecular weight is 274 g/mol. The van der Waals surface area contributed by atoms with Crippen LogP contribution < -0.4 is 5.73 Å². The third-order valence-electron chi connectivity index (χ3n) is 1.79. The summed E-state index contributed by atoms with van der Waals surface area (Å²) in [6.07, 6.45) is 0.751. The number of nitrogens with two attached hydrogens (primary N) is 1. The molecular formula is C10H12BrNOS. The van der Waals surface area contributed by atoms with Crippen LogP contribution in [0.15, 0.2) is 33.6 Å². The first kappa shape index (κ1) is 11.6. The molecule has 0 spiro atoms. The van der Waals surface area contributed by atoms with Crippen LogP contribution in [-0.4, -0.2) is 11.2 Å². The number of amides is 1. The van der Waals surface area contributed by atoms with E-state index in [1.807, 2.05) is 31.2 Å². The van der Waals surface area contributed by atoms with Crippen LogP contribution in [-0.2, 0) is 4.79 Å². The predicted octanol–water partition coefficient (Wildman–Crippen LogP) is 2.81. The minimum atomic E-state index is -0.256. The summed E-state index contributed by atoms with van der Waals surface area (Å²) in [7, 11) is 0. The Balaban J connectivity index is 2.77. The van der Waals surface area contributed by atoms with E-state index >= 15 is 0 Å². The molecule has 0 fully saturated rings. The van der Waals surface area contributed by atoms with Crippen molar-refractivity contribution in [2.75, 3.05) is 0 Å². The van der Waals surface area contributed by atoms with Crippen LogP contribution in [0.4, 0.5) is 0 Å². The third-order valence-corrected chi connectivity index (χ3v) is 4.21. The van der Waals surface area contributed by atoms with Crippen molar-refractivity contribution in [2.24, 2.45) is 5.73 Å². The van der Waals surface area contributed by atoms with E-state index in [-0.39, 0.29) is 11.2 Å². The molecular weight excluding hydrogens is 262 g/mol. The first-order chi connectivity index (χ1) is 6.65. The summed E-state index contributed by atoms with van der Waals surface area (Å²) in [6.45, 7) is 1.96. The molecule has 1 atom stereocenters. The number of carbonyl (C=O) groups excluding carboxylic acids is 1. The standard InChI is InChI=1S/C10H12BrNOS/c1-2-8(10(12)13)14-9-6-4-3-5-7(9)11/h3-6,8H,2H2,1H3,(H2,12,13).